The van der Waals surface area contributed by atoms with E-state index in [2.05, 4.69) is 10.7 Å². The maximum Gasteiger partial charge on any atom is 0.327 e. The number of aromatic nitrogens is 1. The van der Waals surface area contributed by atoms with Crippen LogP contribution in [0, 0.1) is 5.92 Å². The molecule has 0 aliphatic rings. The van der Waals surface area contributed by atoms with Crippen molar-refractivity contribution in [2.45, 2.75) is 26.8 Å². The number of nitrogens with two attached hydrogens (primary N) is 1. The molecule has 194 valence electrons. The third-order valence-electron chi connectivity index (χ3n) is 4.94. The summed E-state index contributed by atoms with van der Waals surface area (Å²) in [5.41, 5.74) is 7.44. The van der Waals surface area contributed by atoms with E-state index >= 15 is 0 Å². The molecule has 1 aromatic carbocycles. The van der Waals surface area contributed by atoms with Crippen molar-refractivity contribution in [3.8, 4) is 0 Å². The molecule has 3 amide bonds. The van der Waals surface area contributed by atoms with Crippen molar-refractivity contribution >= 4 is 46.7 Å². The molecular formula is C23H27ClFN5O6. The molecule has 13 heteroatoms. The number of ether oxygens (including phenoxy) is 1. The minimum atomic E-state index is -1.47. The monoisotopic (exact) mass is 523 g/mol. The summed E-state index contributed by atoms with van der Waals surface area (Å²) in [7, 11) is 0. The van der Waals surface area contributed by atoms with E-state index in [1.807, 2.05) is 0 Å². The molecule has 0 aliphatic heterocycles. The molecule has 0 saturated carbocycles. The highest BCUT2D eigenvalue weighted by molar-refractivity contribution is 6.33. The summed E-state index contributed by atoms with van der Waals surface area (Å²) >= 11 is 5.96. The van der Waals surface area contributed by atoms with E-state index in [0.29, 0.717) is 5.01 Å². The molecule has 1 unspecified atom stereocenters. The Balaban J connectivity index is 2.33. The largest absolute Gasteiger partial charge is 0.465 e. The van der Waals surface area contributed by atoms with Crippen LogP contribution in [0.4, 0.5) is 15.8 Å². The number of nitrogens with zero attached hydrogens (tertiary/aromatic N) is 2. The maximum absolute atomic E-state index is 13.2. The van der Waals surface area contributed by atoms with Crippen LogP contribution in [0.15, 0.2) is 41.3 Å². The Morgan fingerprint density at radius 1 is 1.22 bits per heavy atom. The molecule has 0 saturated heterocycles. The number of nitrogen functional groups attached to an aromatic ring is 1. The standard InChI is InChI=1S/C23H27ClFN5O6/c1-4-36-19(32)12-30(18(31)11-25)28-22(34)20(13(2)3)29-9-5-6-17(23(29)35)27-21(33)14-7-8-16(26)15(24)10-14/h5-10,13,20H,4,11-12,26H2,1-3H3,(H,27,33)(H,28,34). The van der Waals surface area contributed by atoms with Crippen LogP contribution < -0.4 is 22.0 Å². The fraction of sp³-hybridized carbons (Fsp3) is 0.348. The van der Waals surface area contributed by atoms with Gasteiger partial charge in [-0.05, 0) is 43.2 Å². The number of rotatable bonds is 9. The summed E-state index contributed by atoms with van der Waals surface area (Å²) in [6.45, 7) is 2.67. The molecule has 1 heterocycles. The number of pyridine rings is 1. The number of amides is 3. The minimum Gasteiger partial charge on any atom is -0.465 e. The summed E-state index contributed by atoms with van der Waals surface area (Å²) in [6, 6.07) is 5.84. The first kappa shape index (κ1) is 28.3. The number of nitrogens with one attached hydrogen (secondary N) is 2. The first-order valence-electron chi connectivity index (χ1n) is 10.9. The molecule has 1 atom stereocenters. The lowest BCUT2D eigenvalue weighted by molar-refractivity contribution is -0.154. The van der Waals surface area contributed by atoms with E-state index in [9.17, 15) is 28.4 Å². The predicted molar refractivity (Wildman–Crippen MR) is 131 cm³/mol. The summed E-state index contributed by atoms with van der Waals surface area (Å²) in [5.74, 6) is -4.01. The smallest absolute Gasteiger partial charge is 0.327 e. The highest BCUT2D eigenvalue weighted by Gasteiger charge is 2.29. The second kappa shape index (κ2) is 12.7. The summed E-state index contributed by atoms with van der Waals surface area (Å²) in [6.07, 6.45) is 1.33. The number of halogens is 2. The zero-order chi connectivity index (χ0) is 27.0. The maximum atomic E-state index is 13.2. The Kier molecular flexibility index (Phi) is 9.97. The number of esters is 1. The number of hydrogen-bond acceptors (Lipinski definition) is 7. The highest BCUT2D eigenvalue weighted by atomic mass is 35.5. The molecule has 11 nitrogen and oxygen atoms in total. The number of anilines is 2. The van der Waals surface area contributed by atoms with E-state index in [-0.39, 0.29) is 28.6 Å². The fourth-order valence-corrected chi connectivity index (χ4v) is 3.41. The highest BCUT2D eigenvalue weighted by Crippen LogP contribution is 2.21. The topological polar surface area (TPSA) is 153 Å². The van der Waals surface area contributed by atoms with Gasteiger partial charge in [-0.3, -0.25) is 29.4 Å². The second-order valence-electron chi connectivity index (χ2n) is 7.91. The number of benzene rings is 1. The Hall–Kier alpha value is -3.93. The summed E-state index contributed by atoms with van der Waals surface area (Å²) in [5, 5.41) is 3.14. The van der Waals surface area contributed by atoms with E-state index in [4.69, 9.17) is 22.1 Å². The van der Waals surface area contributed by atoms with E-state index in [1.54, 1.807) is 20.8 Å². The SMILES string of the molecule is CCOC(=O)CN(NC(=O)C(C(C)C)n1cccc(NC(=O)c2ccc(N)c(Cl)c2)c1=O)C(=O)CF. The van der Waals surface area contributed by atoms with Crippen LogP contribution in [-0.4, -0.2) is 53.1 Å². The van der Waals surface area contributed by atoms with Crippen LogP contribution in [0.3, 0.4) is 0 Å². The van der Waals surface area contributed by atoms with Crippen molar-refractivity contribution in [1.82, 2.24) is 15.0 Å². The molecule has 2 rings (SSSR count). The summed E-state index contributed by atoms with van der Waals surface area (Å²) in [4.78, 5) is 62.6. The van der Waals surface area contributed by atoms with Crippen molar-refractivity contribution in [2.24, 2.45) is 5.92 Å². The quantitative estimate of drug-likeness (QED) is 0.258. The van der Waals surface area contributed by atoms with Gasteiger partial charge in [0.05, 0.1) is 17.3 Å². The molecule has 4 N–H and O–H groups in total. The number of hydrogen-bond donors (Lipinski definition) is 3. The lowest BCUT2D eigenvalue weighted by Gasteiger charge is -2.27. The zero-order valence-electron chi connectivity index (χ0n) is 19.9. The zero-order valence-corrected chi connectivity index (χ0v) is 20.7. The molecule has 2 aromatic rings. The van der Waals surface area contributed by atoms with Gasteiger partial charge in [0.2, 0.25) is 0 Å². The van der Waals surface area contributed by atoms with Gasteiger partial charge in [0.25, 0.3) is 23.3 Å². The third kappa shape index (κ3) is 7.04. The van der Waals surface area contributed by atoms with Crippen molar-refractivity contribution in [2.75, 3.05) is 30.9 Å². The third-order valence-corrected chi connectivity index (χ3v) is 5.27. The Morgan fingerprint density at radius 2 is 1.92 bits per heavy atom. The van der Waals surface area contributed by atoms with Crippen molar-refractivity contribution in [1.29, 1.82) is 0 Å². The molecule has 36 heavy (non-hydrogen) atoms. The Morgan fingerprint density at radius 3 is 2.50 bits per heavy atom. The second-order valence-corrected chi connectivity index (χ2v) is 8.32. The average molecular weight is 524 g/mol. The molecule has 0 spiro atoms. The Labute approximate surface area is 211 Å². The van der Waals surface area contributed by atoms with E-state index < -0.39 is 54.4 Å². The van der Waals surface area contributed by atoms with Crippen molar-refractivity contribution < 1.29 is 28.3 Å². The number of alkyl halides is 1. The van der Waals surface area contributed by atoms with Gasteiger partial charge in [0, 0.05) is 11.8 Å². The first-order valence-corrected chi connectivity index (χ1v) is 11.3. The molecule has 1 aromatic heterocycles. The number of hydrazine groups is 1. The molecule has 0 bridgehead atoms. The normalized spacial score (nSPS) is 11.5. The summed E-state index contributed by atoms with van der Waals surface area (Å²) < 4.78 is 18.8. The van der Waals surface area contributed by atoms with Crippen LogP contribution in [0.25, 0.3) is 0 Å². The van der Waals surface area contributed by atoms with Crippen LogP contribution >= 0.6 is 11.6 Å². The Bertz CT molecular complexity index is 1200. The van der Waals surface area contributed by atoms with Gasteiger partial charge in [0.1, 0.15) is 18.3 Å². The number of carbonyl (C=O) groups excluding carboxylic acids is 4. The van der Waals surface area contributed by atoms with E-state index in [0.717, 1.165) is 4.57 Å². The minimum absolute atomic E-state index is 0.0233. The van der Waals surface area contributed by atoms with Crippen LogP contribution in [0.2, 0.25) is 5.02 Å². The lowest BCUT2D eigenvalue weighted by atomic mass is 10.0. The predicted octanol–water partition coefficient (Wildman–Crippen LogP) is 1.93. The van der Waals surface area contributed by atoms with Gasteiger partial charge < -0.3 is 20.4 Å². The van der Waals surface area contributed by atoms with E-state index in [1.165, 1.54) is 36.5 Å². The van der Waals surface area contributed by atoms with Gasteiger partial charge in [-0.2, -0.15) is 0 Å². The van der Waals surface area contributed by atoms with Gasteiger partial charge in [0.15, 0.2) is 6.67 Å². The average Bonchev–Trinajstić information content (AvgIpc) is 2.82. The van der Waals surface area contributed by atoms with Crippen LogP contribution in [0.1, 0.15) is 37.2 Å². The van der Waals surface area contributed by atoms with Gasteiger partial charge in [-0.1, -0.05) is 25.4 Å². The van der Waals surface area contributed by atoms with Gasteiger partial charge in [-0.25, -0.2) is 9.40 Å². The van der Waals surface area contributed by atoms with Crippen molar-refractivity contribution in [3.63, 3.8) is 0 Å². The molecule has 0 aliphatic carbocycles. The lowest BCUT2D eigenvalue weighted by Crippen LogP contribution is -2.53. The van der Waals surface area contributed by atoms with Gasteiger partial charge in [-0.15, -0.1) is 0 Å². The molecule has 0 radical (unpaired) electrons. The number of carbonyl (C=O) groups is 4. The van der Waals surface area contributed by atoms with Crippen molar-refractivity contribution in [3.05, 3.63) is 57.5 Å². The van der Waals surface area contributed by atoms with Crippen LogP contribution in [-0.2, 0) is 19.1 Å². The molecular weight excluding hydrogens is 497 g/mol. The first-order chi connectivity index (χ1) is 17.0. The fourth-order valence-electron chi connectivity index (χ4n) is 3.23. The molecule has 0 fully saturated rings. The van der Waals surface area contributed by atoms with Crippen LogP contribution in [0.5, 0.6) is 0 Å². The van der Waals surface area contributed by atoms with Gasteiger partial charge >= 0.3 is 5.97 Å².